The molecule has 0 aliphatic carbocycles. The second kappa shape index (κ2) is 6.75. The summed E-state index contributed by atoms with van der Waals surface area (Å²) < 4.78 is 5.70. The first-order valence-corrected chi connectivity index (χ1v) is 7.37. The zero-order valence-electron chi connectivity index (χ0n) is 12.3. The third-order valence-electron chi connectivity index (χ3n) is 3.94. The van der Waals surface area contributed by atoms with Crippen LogP contribution >= 0.6 is 0 Å². The number of benzene rings is 1. The molecule has 1 aliphatic heterocycles. The zero-order chi connectivity index (χ0) is 14.5. The summed E-state index contributed by atoms with van der Waals surface area (Å²) in [7, 11) is 0. The van der Waals surface area contributed by atoms with E-state index in [0.717, 1.165) is 37.1 Å². The highest BCUT2D eigenvalue weighted by Gasteiger charge is 2.27. The minimum Gasteiger partial charge on any atom is -0.483 e. The first-order valence-electron chi connectivity index (χ1n) is 7.37. The lowest BCUT2D eigenvalue weighted by atomic mass is 9.99. The van der Waals surface area contributed by atoms with Crippen molar-refractivity contribution in [3.8, 4) is 5.75 Å². The fourth-order valence-electron chi connectivity index (χ4n) is 2.74. The van der Waals surface area contributed by atoms with Crippen molar-refractivity contribution in [1.82, 2.24) is 4.90 Å². The molecule has 1 aliphatic rings. The van der Waals surface area contributed by atoms with Gasteiger partial charge < -0.3 is 15.4 Å². The number of amides is 1. The average molecular weight is 276 g/mol. The zero-order valence-corrected chi connectivity index (χ0v) is 12.3. The lowest BCUT2D eigenvalue weighted by Crippen LogP contribution is -2.49. The van der Waals surface area contributed by atoms with Crippen LogP contribution in [0.3, 0.4) is 0 Å². The number of carbonyl (C=O) groups excluding carboxylic acids is 1. The van der Waals surface area contributed by atoms with Gasteiger partial charge in [-0.15, -0.1) is 0 Å². The number of likely N-dealkylation sites (tertiary alicyclic amines) is 1. The number of hydrogen-bond acceptors (Lipinski definition) is 3. The molecule has 1 saturated heterocycles. The second-order valence-electron chi connectivity index (χ2n) is 5.47. The summed E-state index contributed by atoms with van der Waals surface area (Å²) in [5, 5.41) is 0. The number of nitrogens with two attached hydrogens (primary N) is 1. The predicted molar refractivity (Wildman–Crippen MR) is 79.7 cm³/mol. The third kappa shape index (κ3) is 3.51. The molecular formula is C16H24N2O2. The lowest BCUT2D eigenvalue weighted by molar-refractivity contribution is -0.136. The maximum absolute atomic E-state index is 12.2. The molecule has 20 heavy (non-hydrogen) atoms. The number of aryl methyl sites for hydroxylation is 1. The van der Waals surface area contributed by atoms with Gasteiger partial charge in [-0.3, -0.25) is 4.79 Å². The maximum Gasteiger partial charge on any atom is 0.260 e. The second-order valence-corrected chi connectivity index (χ2v) is 5.47. The normalized spacial score (nSPS) is 22.6. The summed E-state index contributed by atoms with van der Waals surface area (Å²) in [6.45, 7) is 4.98. The number of hydrogen-bond donors (Lipinski definition) is 1. The number of para-hydroxylation sites is 1. The molecule has 4 nitrogen and oxygen atoms in total. The Morgan fingerprint density at radius 1 is 1.45 bits per heavy atom. The number of nitrogens with zero attached hydrogens (tertiary/aromatic N) is 1. The van der Waals surface area contributed by atoms with Crippen LogP contribution in [0.25, 0.3) is 0 Å². The number of ether oxygens (including phenoxy) is 1. The third-order valence-corrected chi connectivity index (χ3v) is 3.94. The number of carbonyl (C=O) groups is 1. The molecule has 0 bridgehead atoms. The Bertz CT molecular complexity index is 462. The molecule has 2 N–H and O–H groups in total. The highest BCUT2D eigenvalue weighted by atomic mass is 16.5. The molecule has 0 unspecified atom stereocenters. The van der Waals surface area contributed by atoms with Crippen molar-refractivity contribution in [3.63, 3.8) is 0 Å². The average Bonchev–Trinajstić information content (AvgIpc) is 2.45. The molecule has 2 atom stereocenters. The topological polar surface area (TPSA) is 55.6 Å². The minimum absolute atomic E-state index is 0.0512. The van der Waals surface area contributed by atoms with Crippen LogP contribution < -0.4 is 10.5 Å². The standard InChI is InChI=1S/C16H24N2O2/c1-3-13-6-4-5-7-15(13)20-11-16(19)18-9-8-14(17)10-12(18)2/h4-7,12,14H,3,8-11,17H2,1-2H3/t12-,14+/m0/s1. The van der Waals surface area contributed by atoms with Gasteiger partial charge in [0, 0.05) is 18.6 Å². The van der Waals surface area contributed by atoms with E-state index in [2.05, 4.69) is 13.8 Å². The van der Waals surface area contributed by atoms with Crippen LogP contribution in [0.1, 0.15) is 32.3 Å². The van der Waals surface area contributed by atoms with Crippen molar-refractivity contribution >= 4 is 5.91 Å². The quantitative estimate of drug-likeness (QED) is 0.914. The van der Waals surface area contributed by atoms with Gasteiger partial charge in [-0.05, 0) is 37.8 Å². The monoisotopic (exact) mass is 276 g/mol. The van der Waals surface area contributed by atoms with Gasteiger partial charge in [0.2, 0.25) is 0 Å². The first-order chi connectivity index (χ1) is 9.61. The van der Waals surface area contributed by atoms with E-state index < -0.39 is 0 Å². The van der Waals surface area contributed by atoms with E-state index in [-0.39, 0.29) is 24.6 Å². The SMILES string of the molecule is CCc1ccccc1OCC(=O)N1CC[C@@H](N)C[C@@H]1C. The van der Waals surface area contributed by atoms with Crippen molar-refractivity contribution < 1.29 is 9.53 Å². The van der Waals surface area contributed by atoms with Crippen LogP contribution in [0.5, 0.6) is 5.75 Å². The molecular weight excluding hydrogens is 252 g/mol. The summed E-state index contributed by atoms with van der Waals surface area (Å²) >= 11 is 0. The summed E-state index contributed by atoms with van der Waals surface area (Å²) in [5.74, 6) is 0.861. The van der Waals surface area contributed by atoms with Crippen molar-refractivity contribution in [1.29, 1.82) is 0 Å². The largest absolute Gasteiger partial charge is 0.483 e. The lowest BCUT2D eigenvalue weighted by Gasteiger charge is -2.36. The fraction of sp³-hybridized carbons (Fsp3) is 0.562. The molecule has 0 saturated carbocycles. The molecule has 0 spiro atoms. The molecule has 1 fully saturated rings. The van der Waals surface area contributed by atoms with Crippen LogP contribution in [-0.4, -0.2) is 36.0 Å². The Morgan fingerprint density at radius 3 is 2.90 bits per heavy atom. The van der Waals surface area contributed by atoms with Crippen LogP contribution in [0.4, 0.5) is 0 Å². The van der Waals surface area contributed by atoms with E-state index >= 15 is 0 Å². The summed E-state index contributed by atoms with van der Waals surface area (Å²) in [4.78, 5) is 14.1. The van der Waals surface area contributed by atoms with Gasteiger partial charge >= 0.3 is 0 Å². The predicted octanol–water partition coefficient (Wildman–Crippen LogP) is 1.97. The smallest absolute Gasteiger partial charge is 0.260 e. The van der Waals surface area contributed by atoms with Crippen LogP contribution in [0.15, 0.2) is 24.3 Å². The summed E-state index contributed by atoms with van der Waals surface area (Å²) in [5.41, 5.74) is 7.05. The van der Waals surface area contributed by atoms with Gasteiger partial charge in [0.1, 0.15) is 5.75 Å². The Morgan fingerprint density at radius 2 is 2.20 bits per heavy atom. The van der Waals surface area contributed by atoms with Crippen LogP contribution in [-0.2, 0) is 11.2 Å². The Hall–Kier alpha value is -1.55. The van der Waals surface area contributed by atoms with Gasteiger partial charge in [-0.25, -0.2) is 0 Å². The van der Waals surface area contributed by atoms with E-state index in [9.17, 15) is 4.79 Å². The van der Waals surface area contributed by atoms with Gasteiger partial charge in [-0.2, -0.15) is 0 Å². The molecule has 1 aromatic carbocycles. The highest BCUT2D eigenvalue weighted by Crippen LogP contribution is 2.20. The molecule has 110 valence electrons. The maximum atomic E-state index is 12.2. The molecule has 2 rings (SSSR count). The van der Waals surface area contributed by atoms with E-state index in [0.29, 0.717) is 0 Å². The van der Waals surface area contributed by atoms with Crippen LogP contribution in [0, 0.1) is 0 Å². The Balaban J connectivity index is 1.92. The summed E-state index contributed by atoms with van der Waals surface area (Å²) in [6.07, 6.45) is 2.65. The number of piperidine rings is 1. The van der Waals surface area contributed by atoms with Crippen molar-refractivity contribution in [3.05, 3.63) is 29.8 Å². The molecule has 1 heterocycles. The number of rotatable bonds is 4. The van der Waals surface area contributed by atoms with Gasteiger partial charge in [0.15, 0.2) is 6.61 Å². The van der Waals surface area contributed by atoms with Crippen LogP contribution in [0.2, 0.25) is 0 Å². The minimum atomic E-state index is 0.0512. The molecule has 1 aromatic rings. The molecule has 0 radical (unpaired) electrons. The van der Waals surface area contributed by atoms with E-state index in [1.54, 1.807) is 0 Å². The van der Waals surface area contributed by atoms with Gasteiger partial charge in [0.25, 0.3) is 5.91 Å². The van der Waals surface area contributed by atoms with Gasteiger partial charge in [-0.1, -0.05) is 25.1 Å². The molecule has 4 heteroatoms. The Kier molecular flexibility index (Phi) is 5.01. The van der Waals surface area contributed by atoms with E-state index in [1.165, 1.54) is 0 Å². The Labute approximate surface area is 120 Å². The van der Waals surface area contributed by atoms with Crippen molar-refractivity contribution in [2.24, 2.45) is 5.73 Å². The summed E-state index contributed by atoms with van der Waals surface area (Å²) in [6, 6.07) is 8.29. The van der Waals surface area contributed by atoms with E-state index in [1.807, 2.05) is 29.2 Å². The van der Waals surface area contributed by atoms with Crippen molar-refractivity contribution in [2.45, 2.75) is 45.2 Å². The fourth-order valence-corrected chi connectivity index (χ4v) is 2.74. The highest BCUT2D eigenvalue weighted by molar-refractivity contribution is 5.78. The first kappa shape index (κ1) is 14.9. The van der Waals surface area contributed by atoms with E-state index in [4.69, 9.17) is 10.5 Å². The molecule has 0 aromatic heterocycles. The van der Waals surface area contributed by atoms with Crippen molar-refractivity contribution in [2.75, 3.05) is 13.2 Å². The molecule has 1 amide bonds. The van der Waals surface area contributed by atoms with Gasteiger partial charge in [0.05, 0.1) is 0 Å².